The van der Waals surface area contributed by atoms with Gasteiger partial charge in [-0.25, -0.2) is 0 Å². The molecule has 0 amide bonds. The Morgan fingerprint density at radius 3 is 2.53 bits per heavy atom. The number of hydrogen-bond donors (Lipinski definition) is 2. The number of carboxylic acid groups (broad SMARTS) is 1. The fourth-order valence-corrected chi connectivity index (χ4v) is 1.96. The van der Waals surface area contributed by atoms with Crippen LogP contribution in [-0.4, -0.2) is 30.8 Å². The molecule has 1 unspecified atom stereocenters. The Kier molecular flexibility index (Phi) is 6.15. The molecule has 0 aliphatic heterocycles. The molecule has 0 aliphatic carbocycles. The van der Waals surface area contributed by atoms with E-state index in [0.717, 1.165) is 0 Å². The van der Waals surface area contributed by atoms with Crippen molar-refractivity contribution in [3.05, 3.63) is 24.3 Å². The summed E-state index contributed by atoms with van der Waals surface area (Å²) in [5.41, 5.74) is 5.58. The van der Waals surface area contributed by atoms with Crippen LogP contribution < -0.4 is 15.2 Å². The van der Waals surface area contributed by atoms with Gasteiger partial charge in [0, 0.05) is 6.42 Å². The van der Waals surface area contributed by atoms with E-state index in [0.29, 0.717) is 24.5 Å². The van der Waals surface area contributed by atoms with Gasteiger partial charge in [-0.15, -0.1) is 0 Å². The van der Waals surface area contributed by atoms with Gasteiger partial charge in [0.25, 0.3) is 0 Å². The molecule has 1 aromatic rings. The number of carboxylic acids is 1. The van der Waals surface area contributed by atoms with E-state index in [1.807, 2.05) is 31.2 Å². The molecule has 0 fully saturated rings. The molecular weight excluding hydrogens is 246 g/mol. The molecule has 19 heavy (non-hydrogen) atoms. The Morgan fingerprint density at radius 2 is 2.00 bits per heavy atom. The van der Waals surface area contributed by atoms with Crippen molar-refractivity contribution in [2.24, 2.45) is 11.7 Å². The molecule has 0 saturated heterocycles. The zero-order chi connectivity index (χ0) is 14.3. The molecule has 2 atom stereocenters. The SMILES string of the molecule is COc1ccccc1OC(C)C[C@H](CN)CC(=O)O. The van der Waals surface area contributed by atoms with Crippen molar-refractivity contribution in [3.8, 4) is 11.5 Å². The first-order chi connectivity index (χ1) is 9.06. The summed E-state index contributed by atoms with van der Waals surface area (Å²) in [6.07, 6.45) is 0.543. The van der Waals surface area contributed by atoms with Gasteiger partial charge < -0.3 is 20.3 Å². The van der Waals surface area contributed by atoms with Crippen molar-refractivity contribution in [3.63, 3.8) is 0 Å². The number of aliphatic carboxylic acids is 1. The van der Waals surface area contributed by atoms with Gasteiger partial charge in [-0.3, -0.25) is 4.79 Å². The monoisotopic (exact) mass is 267 g/mol. The Morgan fingerprint density at radius 1 is 1.37 bits per heavy atom. The Bertz CT molecular complexity index is 408. The van der Waals surface area contributed by atoms with Gasteiger partial charge in [-0.2, -0.15) is 0 Å². The molecule has 0 heterocycles. The number of carbonyl (C=O) groups is 1. The highest BCUT2D eigenvalue weighted by Gasteiger charge is 2.17. The third-order valence-electron chi connectivity index (χ3n) is 2.86. The van der Waals surface area contributed by atoms with Crippen LogP contribution in [0.15, 0.2) is 24.3 Å². The van der Waals surface area contributed by atoms with Crippen LogP contribution in [0.2, 0.25) is 0 Å². The van der Waals surface area contributed by atoms with Gasteiger partial charge in [-0.05, 0) is 37.9 Å². The highest BCUT2D eigenvalue weighted by molar-refractivity contribution is 5.67. The molecular formula is C14H21NO4. The van der Waals surface area contributed by atoms with E-state index < -0.39 is 5.97 Å². The smallest absolute Gasteiger partial charge is 0.303 e. The van der Waals surface area contributed by atoms with Gasteiger partial charge in [0.05, 0.1) is 13.2 Å². The van der Waals surface area contributed by atoms with E-state index in [2.05, 4.69) is 0 Å². The lowest BCUT2D eigenvalue weighted by molar-refractivity contribution is -0.138. The first-order valence-corrected chi connectivity index (χ1v) is 6.28. The molecule has 106 valence electrons. The number of para-hydroxylation sites is 2. The third-order valence-corrected chi connectivity index (χ3v) is 2.86. The molecule has 1 rings (SSSR count). The van der Waals surface area contributed by atoms with E-state index in [1.165, 1.54) is 0 Å². The second-order valence-corrected chi connectivity index (χ2v) is 4.51. The zero-order valence-corrected chi connectivity index (χ0v) is 11.3. The molecule has 0 bridgehead atoms. The van der Waals surface area contributed by atoms with Gasteiger partial charge >= 0.3 is 5.97 Å². The summed E-state index contributed by atoms with van der Waals surface area (Å²) < 4.78 is 11.0. The second kappa shape index (κ2) is 7.63. The van der Waals surface area contributed by atoms with E-state index in [4.69, 9.17) is 20.3 Å². The van der Waals surface area contributed by atoms with Crippen LogP contribution in [0.3, 0.4) is 0 Å². The Labute approximate surface area is 113 Å². The number of methoxy groups -OCH3 is 1. The van der Waals surface area contributed by atoms with Crippen LogP contribution in [-0.2, 0) is 4.79 Å². The maximum atomic E-state index is 10.7. The molecule has 0 aromatic heterocycles. The average molecular weight is 267 g/mol. The number of nitrogens with two attached hydrogens (primary N) is 1. The number of ether oxygens (including phenoxy) is 2. The summed E-state index contributed by atoms with van der Waals surface area (Å²) in [5.74, 6) is 0.405. The Hall–Kier alpha value is -1.75. The van der Waals surface area contributed by atoms with Crippen molar-refractivity contribution in [1.29, 1.82) is 0 Å². The Balaban J connectivity index is 2.58. The van der Waals surface area contributed by atoms with E-state index in [-0.39, 0.29) is 18.4 Å². The quantitative estimate of drug-likeness (QED) is 0.751. The second-order valence-electron chi connectivity index (χ2n) is 4.51. The van der Waals surface area contributed by atoms with Gasteiger partial charge in [-0.1, -0.05) is 12.1 Å². The predicted molar refractivity (Wildman–Crippen MR) is 72.5 cm³/mol. The minimum absolute atomic E-state index is 0.0656. The van der Waals surface area contributed by atoms with Crippen LogP contribution in [0, 0.1) is 5.92 Å². The molecule has 5 nitrogen and oxygen atoms in total. The van der Waals surface area contributed by atoms with Gasteiger partial charge in [0.1, 0.15) is 0 Å². The largest absolute Gasteiger partial charge is 0.493 e. The summed E-state index contributed by atoms with van der Waals surface area (Å²) in [6.45, 7) is 2.24. The fourth-order valence-electron chi connectivity index (χ4n) is 1.96. The standard InChI is InChI=1S/C14H21NO4/c1-10(7-11(9-15)8-14(16)17)19-13-6-4-3-5-12(13)18-2/h3-6,10-11H,7-9,15H2,1-2H3,(H,16,17)/t10?,11-/m0/s1. The lowest BCUT2D eigenvalue weighted by Crippen LogP contribution is -2.25. The van der Waals surface area contributed by atoms with Gasteiger partial charge in [0.2, 0.25) is 0 Å². The predicted octanol–water partition coefficient (Wildman–Crippen LogP) is 1.90. The number of hydrogen-bond acceptors (Lipinski definition) is 4. The maximum absolute atomic E-state index is 10.7. The normalized spacial score (nSPS) is 13.6. The highest BCUT2D eigenvalue weighted by atomic mass is 16.5. The molecule has 0 radical (unpaired) electrons. The van der Waals surface area contributed by atoms with Gasteiger partial charge in [0.15, 0.2) is 11.5 Å². The average Bonchev–Trinajstić information content (AvgIpc) is 2.38. The number of rotatable bonds is 8. The lowest BCUT2D eigenvalue weighted by atomic mass is 9.99. The molecule has 0 spiro atoms. The van der Waals surface area contributed by atoms with Crippen LogP contribution >= 0.6 is 0 Å². The van der Waals surface area contributed by atoms with Crippen LogP contribution in [0.1, 0.15) is 19.8 Å². The highest BCUT2D eigenvalue weighted by Crippen LogP contribution is 2.28. The first kappa shape index (κ1) is 15.3. The molecule has 1 aromatic carbocycles. The van der Waals surface area contributed by atoms with Crippen molar-refractivity contribution in [2.75, 3.05) is 13.7 Å². The summed E-state index contributed by atoms with van der Waals surface area (Å²) >= 11 is 0. The van der Waals surface area contributed by atoms with Crippen molar-refractivity contribution < 1.29 is 19.4 Å². The zero-order valence-electron chi connectivity index (χ0n) is 11.3. The van der Waals surface area contributed by atoms with Crippen LogP contribution in [0.25, 0.3) is 0 Å². The van der Waals surface area contributed by atoms with Crippen molar-refractivity contribution >= 4 is 5.97 Å². The first-order valence-electron chi connectivity index (χ1n) is 6.28. The van der Waals surface area contributed by atoms with Crippen molar-refractivity contribution in [1.82, 2.24) is 0 Å². The van der Waals surface area contributed by atoms with E-state index >= 15 is 0 Å². The van der Waals surface area contributed by atoms with Crippen molar-refractivity contribution in [2.45, 2.75) is 25.9 Å². The van der Waals surface area contributed by atoms with E-state index in [1.54, 1.807) is 7.11 Å². The molecule has 0 aliphatic rings. The fraction of sp³-hybridized carbons (Fsp3) is 0.500. The molecule has 0 saturated carbocycles. The minimum Gasteiger partial charge on any atom is -0.493 e. The molecule has 3 N–H and O–H groups in total. The van der Waals surface area contributed by atoms with Crippen LogP contribution in [0.4, 0.5) is 0 Å². The minimum atomic E-state index is -0.833. The third kappa shape index (κ3) is 5.18. The molecule has 5 heteroatoms. The van der Waals surface area contributed by atoms with Crippen LogP contribution in [0.5, 0.6) is 11.5 Å². The van der Waals surface area contributed by atoms with E-state index in [9.17, 15) is 4.79 Å². The number of benzene rings is 1. The summed E-state index contributed by atoms with van der Waals surface area (Å²) in [7, 11) is 1.58. The summed E-state index contributed by atoms with van der Waals surface area (Å²) in [4.78, 5) is 10.7. The summed E-state index contributed by atoms with van der Waals surface area (Å²) in [6, 6.07) is 7.37. The topological polar surface area (TPSA) is 81.8 Å². The lowest BCUT2D eigenvalue weighted by Gasteiger charge is -2.20. The maximum Gasteiger partial charge on any atom is 0.303 e. The summed E-state index contributed by atoms with van der Waals surface area (Å²) in [5, 5.41) is 8.78.